The summed E-state index contributed by atoms with van der Waals surface area (Å²) in [6.45, 7) is 0. The number of carbonyl (C=O) groups is 1. The van der Waals surface area contributed by atoms with E-state index >= 15 is 0 Å². The normalized spacial score (nSPS) is 10.3. The van der Waals surface area contributed by atoms with Crippen molar-refractivity contribution in [1.29, 1.82) is 0 Å². The zero-order valence-electron chi connectivity index (χ0n) is 8.51. The molecule has 0 saturated heterocycles. The molecule has 1 aromatic carbocycles. The first-order valence-corrected chi connectivity index (χ1v) is 5.77. The zero-order valence-corrected chi connectivity index (χ0v) is 9.32. The van der Waals surface area contributed by atoms with Gasteiger partial charge in [-0.3, -0.25) is 0 Å². The Labute approximate surface area is 96.3 Å². The summed E-state index contributed by atoms with van der Waals surface area (Å²) >= 11 is 1.62. The van der Waals surface area contributed by atoms with E-state index in [1.807, 2.05) is 30.5 Å². The van der Waals surface area contributed by atoms with Crippen molar-refractivity contribution in [2.45, 2.75) is 4.90 Å². The fourth-order valence-electron chi connectivity index (χ4n) is 1.34. The van der Waals surface area contributed by atoms with E-state index < -0.39 is 5.97 Å². The summed E-state index contributed by atoms with van der Waals surface area (Å²) in [4.78, 5) is 12.0. The van der Waals surface area contributed by atoms with Gasteiger partial charge in [-0.05, 0) is 30.5 Å². The van der Waals surface area contributed by atoms with Crippen LogP contribution in [-0.4, -0.2) is 22.5 Å². The number of carboxylic acid groups (broad SMARTS) is 1. The van der Waals surface area contributed by atoms with Gasteiger partial charge >= 0.3 is 5.97 Å². The van der Waals surface area contributed by atoms with Gasteiger partial charge in [0.15, 0.2) is 5.76 Å². The molecule has 0 radical (unpaired) electrons. The van der Waals surface area contributed by atoms with Crippen LogP contribution in [0.4, 0.5) is 0 Å². The second kappa shape index (κ2) is 4.40. The quantitative estimate of drug-likeness (QED) is 0.829. The molecule has 1 N–H and O–H groups in total. The molecule has 0 aliphatic heterocycles. The van der Waals surface area contributed by atoms with E-state index in [9.17, 15) is 4.79 Å². The number of nitrogens with zero attached hydrogens (tertiary/aromatic N) is 1. The van der Waals surface area contributed by atoms with Gasteiger partial charge in [0.1, 0.15) is 5.56 Å². The molecular formula is C11H9NO3S. The highest BCUT2D eigenvalue weighted by atomic mass is 32.2. The van der Waals surface area contributed by atoms with Crippen LogP contribution < -0.4 is 0 Å². The van der Waals surface area contributed by atoms with Gasteiger partial charge in [0, 0.05) is 10.5 Å². The van der Waals surface area contributed by atoms with E-state index in [2.05, 4.69) is 5.16 Å². The predicted molar refractivity (Wildman–Crippen MR) is 60.7 cm³/mol. The van der Waals surface area contributed by atoms with Gasteiger partial charge in [0.2, 0.25) is 0 Å². The van der Waals surface area contributed by atoms with Crippen LogP contribution in [0.5, 0.6) is 0 Å². The second-order valence-corrected chi connectivity index (χ2v) is 3.98. The Morgan fingerprint density at radius 2 is 2.06 bits per heavy atom. The van der Waals surface area contributed by atoms with E-state index in [-0.39, 0.29) is 5.56 Å². The maximum atomic E-state index is 10.9. The molecule has 0 bridgehead atoms. The van der Waals surface area contributed by atoms with Crippen molar-refractivity contribution in [1.82, 2.24) is 5.16 Å². The molecular weight excluding hydrogens is 226 g/mol. The van der Waals surface area contributed by atoms with Crippen molar-refractivity contribution < 1.29 is 14.4 Å². The number of thioether (sulfide) groups is 1. The number of aromatic nitrogens is 1. The number of rotatable bonds is 3. The highest BCUT2D eigenvalue weighted by molar-refractivity contribution is 7.98. The Hall–Kier alpha value is -1.75. The van der Waals surface area contributed by atoms with Crippen LogP contribution in [0.25, 0.3) is 11.3 Å². The first kappa shape index (κ1) is 10.8. The Kier molecular flexibility index (Phi) is 2.96. The molecule has 4 nitrogen and oxygen atoms in total. The molecule has 16 heavy (non-hydrogen) atoms. The van der Waals surface area contributed by atoms with E-state index in [0.717, 1.165) is 4.90 Å². The number of carboxylic acids is 1. The molecule has 0 aliphatic carbocycles. The maximum absolute atomic E-state index is 10.9. The summed E-state index contributed by atoms with van der Waals surface area (Å²) in [7, 11) is 0. The minimum atomic E-state index is -1.04. The Balaban J connectivity index is 2.42. The molecule has 2 rings (SSSR count). The highest BCUT2D eigenvalue weighted by Crippen LogP contribution is 2.25. The molecule has 0 fully saturated rings. The molecule has 0 spiro atoms. The third kappa shape index (κ3) is 1.94. The van der Waals surface area contributed by atoms with Crippen molar-refractivity contribution in [2.75, 3.05) is 6.26 Å². The first-order chi connectivity index (χ1) is 7.72. The van der Waals surface area contributed by atoms with Gasteiger partial charge < -0.3 is 9.63 Å². The molecule has 2 aromatic rings. The van der Waals surface area contributed by atoms with Crippen molar-refractivity contribution in [2.24, 2.45) is 0 Å². The van der Waals surface area contributed by atoms with Crippen LogP contribution >= 0.6 is 11.8 Å². The molecule has 5 heteroatoms. The SMILES string of the molecule is CSc1ccc(-c2oncc2C(=O)O)cc1. The van der Waals surface area contributed by atoms with Gasteiger partial charge in [0.05, 0.1) is 6.20 Å². The number of aromatic carboxylic acids is 1. The fourth-order valence-corrected chi connectivity index (χ4v) is 1.75. The minimum absolute atomic E-state index is 0.0805. The van der Waals surface area contributed by atoms with Crippen LogP contribution in [-0.2, 0) is 0 Å². The van der Waals surface area contributed by atoms with Gasteiger partial charge in [-0.25, -0.2) is 4.79 Å². The monoisotopic (exact) mass is 235 g/mol. The molecule has 0 amide bonds. The van der Waals surface area contributed by atoms with Crippen LogP contribution in [0.1, 0.15) is 10.4 Å². The number of benzene rings is 1. The minimum Gasteiger partial charge on any atom is -0.477 e. The molecule has 0 saturated carbocycles. The molecule has 0 aliphatic rings. The standard InChI is InChI=1S/C11H9NO3S/c1-16-8-4-2-7(3-5-8)10-9(11(13)14)6-12-15-10/h2-6H,1H3,(H,13,14). The molecule has 0 unspecified atom stereocenters. The molecule has 1 heterocycles. The summed E-state index contributed by atoms with van der Waals surface area (Å²) in [6.07, 6.45) is 3.19. The largest absolute Gasteiger partial charge is 0.477 e. The lowest BCUT2D eigenvalue weighted by atomic mass is 10.1. The predicted octanol–water partition coefficient (Wildman–Crippen LogP) is 2.76. The van der Waals surface area contributed by atoms with E-state index in [1.165, 1.54) is 6.20 Å². The average Bonchev–Trinajstić information content (AvgIpc) is 2.78. The fraction of sp³-hybridized carbons (Fsp3) is 0.0909. The lowest BCUT2D eigenvalue weighted by molar-refractivity contribution is 0.0697. The third-order valence-corrected chi connectivity index (χ3v) is 2.90. The van der Waals surface area contributed by atoms with Crippen molar-refractivity contribution >= 4 is 17.7 Å². The first-order valence-electron chi connectivity index (χ1n) is 4.55. The van der Waals surface area contributed by atoms with Crippen LogP contribution in [0.3, 0.4) is 0 Å². The topological polar surface area (TPSA) is 63.3 Å². The summed E-state index contributed by atoms with van der Waals surface area (Å²) < 4.78 is 4.95. The zero-order chi connectivity index (χ0) is 11.5. The number of hydrogen-bond acceptors (Lipinski definition) is 4. The number of hydrogen-bond donors (Lipinski definition) is 1. The Morgan fingerprint density at radius 3 is 2.62 bits per heavy atom. The van der Waals surface area contributed by atoms with E-state index in [1.54, 1.807) is 11.8 Å². The molecule has 0 atom stereocenters. The van der Waals surface area contributed by atoms with Crippen LogP contribution in [0.15, 0.2) is 39.9 Å². The lowest BCUT2D eigenvalue weighted by Gasteiger charge is -1.99. The highest BCUT2D eigenvalue weighted by Gasteiger charge is 2.16. The van der Waals surface area contributed by atoms with Crippen LogP contribution in [0.2, 0.25) is 0 Å². The third-order valence-electron chi connectivity index (χ3n) is 2.15. The molecule has 1 aromatic heterocycles. The maximum Gasteiger partial charge on any atom is 0.341 e. The van der Waals surface area contributed by atoms with Gasteiger partial charge in [-0.1, -0.05) is 5.16 Å². The summed E-state index contributed by atoms with van der Waals surface area (Å²) in [5, 5.41) is 12.4. The summed E-state index contributed by atoms with van der Waals surface area (Å²) in [5.41, 5.74) is 0.796. The van der Waals surface area contributed by atoms with Crippen molar-refractivity contribution in [3.63, 3.8) is 0 Å². The van der Waals surface area contributed by atoms with Crippen LogP contribution in [0, 0.1) is 0 Å². The summed E-state index contributed by atoms with van der Waals surface area (Å²) in [5.74, 6) is -0.745. The molecule has 82 valence electrons. The lowest BCUT2D eigenvalue weighted by Crippen LogP contribution is -1.95. The van der Waals surface area contributed by atoms with Gasteiger partial charge in [-0.15, -0.1) is 11.8 Å². The second-order valence-electron chi connectivity index (χ2n) is 3.10. The van der Waals surface area contributed by atoms with Gasteiger partial charge in [0.25, 0.3) is 0 Å². The van der Waals surface area contributed by atoms with Crippen molar-refractivity contribution in [3.8, 4) is 11.3 Å². The van der Waals surface area contributed by atoms with E-state index in [4.69, 9.17) is 9.63 Å². The Bertz CT molecular complexity index is 504. The van der Waals surface area contributed by atoms with E-state index in [0.29, 0.717) is 11.3 Å². The smallest absolute Gasteiger partial charge is 0.341 e. The van der Waals surface area contributed by atoms with Gasteiger partial charge in [-0.2, -0.15) is 0 Å². The summed E-state index contributed by atoms with van der Waals surface area (Å²) in [6, 6.07) is 7.46. The average molecular weight is 235 g/mol. The van der Waals surface area contributed by atoms with Crippen molar-refractivity contribution in [3.05, 3.63) is 36.0 Å². The Morgan fingerprint density at radius 1 is 1.38 bits per heavy atom.